The molecule has 0 aliphatic rings. The van der Waals surface area contributed by atoms with Crippen molar-refractivity contribution >= 4 is 27.2 Å². The zero-order chi connectivity index (χ0) is 21.4. The Labute approximate surface area is 164 Å². The molecule has 0 unspecified atom stereocenters. The van der Waals surface area contributed by atoms with Crippen molar-refractivity contribution in [1.29, 1.82) is 0 Å². The van der Waals surface area contributed by atoms with E-state index < -0.39 is 46.6 Å². The molecule has 0 fully saturated rings. The molecule has 0 aliphatic carbocycles. The fraction of sp³-hybridized carbons (Fsp3) is 0.286. The van der Waals surface area contributed by atoms with Gasteiger partial charge in [0.25, 0.3) is 11.8 Å². The van der Waals surface area contributed by atoms with Gasteiger partial charge in [0.1, 0.15) is 21.4 Å². The Bertz CT molecular complexity index is 1110. The lowest BCUT2D eigenvalue weighted by molar-refractivity contribution is -0.141. The van der Waals surface area contributed by atoms with Crippen LogP contribution in [0.25, 0.3) is 10.8 Å². The summed E-state index contributed by atoms with van der Waals surface area (Å²) >= 11 is 0.852. The predicted octanol–water partition coefficient (Wildman–Crippen LogP) is 3.51. The second-order valence-corrected chi connectivity index (χ2v) is 8.53. The Hall–Kier alpha value is -2.68. The molecule has 3 heterocycles. The van der Waals surface area contributed by atoms with Crippen molar-refractivity contribution < 1.29 is 34.8 Å². The number of alkyl halides is 5. The number of rotatable bonds is 6. The van der Waals surface area contributed by atoms with E-state index in [9.17, 15) is 30.4 Å². The predicted molar refractivity (Wildman–Crippen MR) is 90.6 cm³/mol. The molecule has 156 valence electrons. The summed E-state index contributed by atoms with van der Waals surface area (Å²) in [6, 6.07) is 2.85. The van der Waals surface area contributed by atoms with Gasteiger partial charge in [-0.15, -0.1) is 21.5 Å². The van der Waals surface area contributed by atoms with E-state index in [1.807, 2.05) is 0 Å². The summed E-state index contributed by atoms with van der Waals surface area (Å²) in [4.78, 5) is 7.50. The molecule has 3 rings (SSSR count). The van der Waals surface area contributed by atoms with E-state index in [1.165, 1.54) is 6.20 Å². The molecule has 0 aromatic carbocycles. The molecule has 0 amide bonds. The second kappa shape index (κ2) is 7.62. The van der Waals surface area contributed by atoms with E-state index >= 15 is 0 Å². The van der Waals surface area contributed by atoms with E-state index in [4.69, 9.17) is 4.42 Å². The summed E-state index contributed by atoms with van der Waals surface area (Å²) in [6.07, 6.45) is -5.72. The van der Waals surface area contributed by atoms with E-state index in [0.717, 1.165) is 29.7 Å². The molecule has 3 aromatic heterocycles. The number of hydrogen-bond donors (Lipinski definition) is 0. The first-order valence-corrected chi connectivity index (χ1v) is 10.2. The lowest BCUT2D eigenvalue weighted by Gasteiger charge is -2.21. The third-order valence-electron chi connectivity index (χ3n) is 3.35. The fourth-order valence-corrected chi connectivity index (χ4v) is 3.82. The highest BCUT2D eigenvalue weighted by Crippen LogP contribution is 2.31. The summed E-state index contributed by atoms with van der Waals surface area (Å²) in [5.41, 5.74) is -1.26. The molecule has 0 saturated carbocycles. The van der Waals surface area contributed by atoms with Crippen LogP contribution < -0.4 is 4.31 Å². The minimum absolute atomic E-state index is 0.140. The molecule has 0 spiro atoms. The maximum absolute atomic E-state index is 12.9. The van der Waals surface area contributed by atoms with Gasteiger partial charge in [0.2, 0.25) is 10.0 Å². The highest BCUT2D eigenvalue weighted by molar-refractivity contribution is 7.92. The van der Waals surface area contributed by atoms with Crippen molar-refractivity contribution in [3.8, 4) is 10.8 Å². The van der Waals surface area contributed by atoms with Crippen LogP contribution in [-0.2, 0) is 22.7 Å². The number of sulfonamides is 1. The summed E-state index contributed by atoms with van der Waals surface area (Å²) in [7, 11) is -4.02. The summed E-state index contributed by atoms with van der Waals surface area (Å²) in [6.45, 7) is -0.437. The molecule has 8 nitrogen and oxygen atoms in total. The van der Waals surface area contributed by atoms with Crippen LogP contribution in [-0.4, -0.2) is 34.8 Å². The third-order valence-corrected chi connectivity index (χ3v) is 5.44. The number of halogens is 5. The molecular weight excluding hydrogens is 445 g/mol. The van der Waals surface area contributed by atoms with Crippen LogP contribution in [0, 0.1) is 0 Å². The Balaban J connectivity index is 1.90. The molecule has 0 atom stereocenters. The van der Waals surface area contributed by atoms with E-state index in [1.54, 1.807) is 0 Å². The van der Waals surface area contributed by atoms with Gasteiger partial charge in [0.15, 0.2) is 0 Å². The lowest BCUT2D eigenvalue weighted by Crippen LogP contribution is -2.30. The summed E-state index contributed by atoms with van der Waals surface area (Å²) in [5.74, 6) is -1.58. The Kier molecular flexibility index (Phi) is 5.53. The van der Waals surface area contributed by atoms with E-state index in [2.05, 4.69) is 20.2 Å². The molecule has 0 N–H and O–H groups in total. The zero-order valence-electron chi connectivity index (χ0n) is 14.3. The number of nitrogens with zero attached hydrogens (tertiary/aromatic N) is 5. The maximum atomic E-state index is 12.9. The zero-order valence-corrected chi connectivity index (χ0v) is 15.9. The molecular formula is C14H10F5N5O3S2. The van der Waals surface area contributed by atoms with Crippen LogP contribution in [0.3, 0.4) is 0 Å². The fourth-order valence-electron chi connectivity index (χ4n) is 2.12. The standard InChI is InChI=1S/C14H10F5N5O3S2/c1-29(25,26)24(9-4-2-3-8(21-9)14(17,18)19)6-10-20-5-7(28-10)12-22-23-13(27-12)11(15)16/h2-5,11H,6H2,1H3. The minimum atomic E-state index is -4.76. The summed E-state index contributed by atoms with van der Waals surface area (Å²) in [5, 5.41) is 6.76. The van der Waals surface area contributed by atoms with Gasteiger partial charge in [0, 0.05) is 0 Å². The summed E-state index contributed by atoms with van der Waals surface area (Å²) < 4.78 is 93.4. The quantitative estimate of drug-likeness (QED) is 0.524. The maximum Gasteiger partial charge on any atom is 0.433 e. The molecule has 3 aromatic rings. The number of anilines is 1. The molecule has 0 bridgehead atoms. The van der Waals surface area contributed by atoms with Gasteiger partial charge in [-0.3, -0.25) is 0 Å². The van der Waals surface area contributed by atoms with Crippen molar-refractivity contribution in [1.82, 2.24) is 20.2 Å². The van der Waals surface area contributed by atoms with Crippen LogP contribution >= 0.6 is 11.3 Å². The van der Waals surface area contributed by atoms with Gasteiger partial charge in [-0.25, -0.2) is 22.7 Å². The number of hydrogen-bond acceptors (Lipinski definition) is 8. The first kappa shape index (κ1) is 21.0. The highest BCUT2D eigenvalue weighted by atomic mass is 32.2. The molecule has 0 saturated heterocycles. The normalized spacial score (nSPS) is 12.5. The van der Waals surface area contributed by atoms with Crippen LogP contribution in [0.15, 0.2) is 28.8 Å². The van der Waals surface area contributed by atoms with Gasteiger partial charge >= 0.3 is 12.6 Å². The smallest absolute Gasteiger partial charge is 0.414 e. The van der Waals surface area contributed by atoms with E-state index in [0.29, 0.717) is 10.4 Å². The molecule has 29 heavy (non-hydrogen) atoms. The molecule has 0 aliphatic heterocycles. The highest BCUT2D eigenvalue weighted by Gasteiger charge is 2.33. The topological polar surface area (TPSA) is 102 Å². The van der Waals surface area contributed by atoms with Gasteiger partial charge in [-0.2, -0.15) is 22.0 Å². The number of aromatic nitrogens is 4. The van der Waals surface area contributed by atoms with Crippen molar-refractivity contribution in [2.75, 3.05) is 10.6 Å². The Morgan fingerprint density at radius 3 is 2.55 bits per heavy atom. The van der Waals surface area contributed by atoms with Crippen LogP contribution in [0.4, 0.5) is 27.8 Å². The van der Waals surface area contributed by atoms with Gasteiger partial charge in [0.05, 0.1) is 19.0 Å². The van der Waals surface area contributed by atoms with Gasteiger partial charge in [-0.05, 0) is 12.1 Å². The van der Waals surface area contributed by atoms with Crippen LogP contribution in [0.2, 0.25) is 0 Å². The van der Waals surface area contributed by atoms with Gasteiger partial charge in [-0.1, -0.05) is 6.07 Å². The Morgan fingerprint density at radius 1 is 1.24 bits per heavy atom. The number of pyridine rings is 1. The average molecular weight is 455 g/mol. The minimum Gasteiger partial charge on any atom is -0.414 e. The monoisotopic (exact) mass is 455 g/mol. The van der Waals surface area contributed by atoms with Gasteiger partial charge < -0.3 is 4.42 Å². The van der Waals surface area contributed by atoms with E-state index in [-0.39, 0.29) is 15.8 Å². The third kappa shape index (κ3) is 4.84. The first-order valence-electron chi connectivity index (χ1n) is 7.54. The number of thiazole rings is 1. The largest absolute Gasteiger partial charge is 0.433 e. The second-order valence-electron chi connectivity index (χ2n) is 5.51. The van der Waals surface area contributed by atoms with Crippen molar-refractivity contribution in [2.45, 2.75) is 19.1 Å². The van der Waals surface area contributed by atoms with Crippen molar-refractivity contribution in [3.05, 3.63) is 41.0 Å². The molecule has 15 heteroatoms. The van der Waals surface area contributed by atoms with Crippen molar-refractivity contribution in [2.24, 2.45) is 0 Å². The molecule has 0 radical (unpaired) electrons. The lowest BCUT2D eigenvalue weighted by atomic mass is 10.3. The van der Waals surface area contributed by atoms with Crippen LogP contribution in [0.5, 0.6) is 0 Å². The average Bonchev–Trinajstić information content (AvgIpc) is 3.27. The SMILES string of the molecule is CS(=O)(=O)N(Cc1ncc(-c2nnc(C(F)F)o2)s1)c1cccc(C(F)(F)F)n1. The van der Waals surface area contributed by atoms with Crippen LogP contribution in [0.1, 0.15) is 23.0 Å². The van der Waals surface area contributed by atoms with Crippen molar-refractivity contribution in [3.63, 3.8) is 0 Å². The first-order chi connectivity index (χ1) is 13.4. The Morgan fingerprint density at radius 2 is 1.97 bits per heavy atom.